The summed E-state index contributed by atoms with van der Waals surface area (Å²) in [5, 5.41) is 0. The van der Waals surface area contributed by atoms with Gasteiger partial charge in [0.2, 0.25) is 0 Å². The summed E-state index contributed by atoms with van der Waals surface area (Å²) in [5.74, 6) is 0.478. The molecule has 0 saturated heterocycles. The summed E-state index contributed by atoms with van der Waals surface area (Å²) < 4.78 is 4.65. The summed E-state index contributed by atoms with van der Waals surface area (Å²) in [4.78, 5) is 16.9. The fourth-order valence-electron chi connectivity index (χ4n) is 0.693. The number of hydrogen-bond acceptors (Lipinski definition) is 3. The summed E-state index contributed by atoms with van der Waals surface area (Å²) >= 11 is 0. The van der Waals surface area contributed by atoms with Crippen molar-refractivity contribution in [1.82, 2.24) is 0 Å². The van der Waals surface area contributed by atoms with Gasteiger partial charge in [-0.25, -0.2) is 0 Å². The molecular formula is C7H10KO3P. The topological polar surface area (TPSA) is 49.7 Å². The van der Waals surface area contributed by atoms with Gasteiger partial charge in [0, 0.05) is 0 Å². The van der Waals surface area contributed by atoms with E-state index in [0.717, 1.165) is 5.56 Å². The van der Waals surface area contributed by atoms with E-state index < -0.39 is 8.60 Å². The molecule has 1 rings (SSSR count). The minimum absolute atomic E-state index is 0. The van der Waals surface area contributed by atoms with Gasteiger partial charge in [-0.15, -0.1) is 0 Å². The fourth-order valence-corrected chi connectivity index (χ4v) is 1.00. The maximum absolute atomic E-state index is 8.47. The summed E-state index contributed by atoms with van der Waals surface area (Å²) in [6, 6.07) is 7.07. The van der Waals surface area contributed by atoms with Gasteiger partial charge in [-0.2, -0.15) is 0 Å². The molecular weight excluding hydrogens is 202 g/mol. The first kappa shape index (κ1) is 13.0. The Morgan fingerprint density at radius 3 is 2.17 bits per heavy atom. The Morgan fingerprint density at radius 1 is 1.25 bits per heavy atom. The van der Waals surface area contributed by atoms with Crippen LogP contribution < -0.4 is 55.9 Å². The zero-order chi connectivity index (χ0) is 8.27. The van der Waals surface area contributed by atoms with Gasteiger partial charge >= 0.3 is 60.0 Å². The van der Waals surface area contributed by atoms with Gasteiger partial charge in [-0.05, 0) is 19.1 Å². The van der Waals surface area contributed by atoms with Crippen molar-refractivity contribution >= 4 is 8.60 Å². The van der Waals surface area contributed by atoms with E-state index in [1.54, 1.807) is 12.1 Å². The molecule has 0 aliphatic rings. The molecule has 0 aliphatic heterocycles. The first-order valence-electron chi connectivity index (χ1n) is 3.11. The molecule has 2 N–H and O–H groups in total. The second kappa shape index (κ2) is 6.46. The van der Waals surface area contributed by atoms with Crippen molar-refractivity contribution < 1.29 is 67.1 Å². The van der Waals surface area contributed by atoms with Gasteiger partial charge < -0.3 is 15.7 Å². The molecule has 62 valence electrons. The van der Waals surface area contributed by atoms with E-state index in [-0.39, 0.29) is 52.8 Å². The maximum Gasteiger partial charge on any atom is 1.00 e. The molecule has 0 heterocycles. The second-order valence-electron chi connectivity index (χ2n) is 2.16. The molecule has 0 fully saturated rings. The minimum Gasteiger partial charge on any atom is -1.00 e. The second-order valence-corrected chi connectivity index (χ2v) is 2.85. The fraction of sp³-hybridized carbons (Fsp3) is 0.143. The molecule has 0 bridgehead atoms. The van der Waals surface area contributed by atoms with Crippen LogP contribution >= 0.6 is 8.60 Å². The molecule has 0 saturated carbocycles. The number of benzene rings is 1. The van der Waals surface area contributed by atoms with Crippen molar-refractivity contribution in [2.24, 2.45) is 0 Å². The molecule has 3 nitrogen and oxygen atoms in total. The third-order valence-corrected chi connectivity index (χ3v) is 1.58. The predicted octanol–water partition coefficient (Wildman–Crippen LogP) is -1.30. The van der Waals surface area contributed by atoms with Crippen molar-refractivity contribution in [2.75, 3.05) is 0 Å². The first-order chi connectivity index (χ1) is 5.18. The third kappa shape index (κ3) is 4.89. The van der Waals surface area contributed by atoms with Crippen molar-refractivity contribution in [3.8, 4) is 5.75 Å². The van der Waals surface area contributed by atoms with Gasteiger partial charge in [-0.1, -0.05) is 17.7 Å². The zero-order valence-electron chi connectivity index (χ0n) is 8.06. The van der Waals surface area contributed by atoms with Crippen molar-refractivity contribution in [1.29, 1.82) is 0 Å². The molecule has 0 aliphatic carbocycles. The Kier molecular flexibility index (Phi) is 7.00. The molecule has 12 heavy (non-hydrogen) atoms. The molecule has 0 radical (unpaired) electrons. The van der Waals surface area contributed by atoms with Crippen LogP contribution in [0.4, 0.5) is 0 Å². The van der Waals surface area contributed by atoms with Crippen LogP contribution in [0, 0.1) is 6.92 Å². The Bertz CT molecular complexity index is 230. The van der Waals surface area contributed by atoms with E-state index in [1.165, 1.54) is 0 Å². The van der Waals surface area contributed by atoms with Crippen molar-refractivity contribution in [3.63, 3.8) is 0 Å². The van der Waals surface area contributed by atoms with Gasteiger partial charge in [0.15, 0.2) is 0 Å². The minimum atomic E-state index is -2.29. The molecule has 0 spiro atoms. The van der Waals surface area contributed by atoms with Gasteiger partial charge in [-0.3, -0.25) is 0 Å². The number of hydrogen-bond donors (Lipinski definition) is 2. The maximum atomic E-state index is 8.47. The zero-order valence-corrected chi connectivity index (χ0v) is 11.1. The van der Waals surface area contributed by atoms with E-state index in [1.807, 2.05) is 19.1 Å². The molecule has 5 heteroatoms. The van der Waals surface area contributed by atoms with E-state index in [9.17, 15) is 0 Å². The smallest absolute Gasteiger partial charge is 1.00 e. The average Bonchev–Trinajstić information content (AvgIpc) is 1.93. The van der Waals surface area contributed by atoms with E-state index >= 15 is 0 Å². The summed E-state index contributed by atoms with van der Waals surface area (Å²) in [6.45, 7) is 1.95. The van der Waals surface area contributed by atoms with E-state index in [0.29, 0.717) is 5.75 Å². The van der Waals surface area contributed by atoms with Gasteiger partial charge in [0.1, 0.15) is 5.75 Å². The first-order valence-corrected chi connectivity index (χ1v) is 4.27. The van der Waals surface area contributed by atoms with Crippen LogP contribution in [0.5, 0.6) is 5.75 Å². The monoisotopic (exact) mass is 212 g/mol. The Morgan fingerprint density at radius 2 is 1.75 bits per heavy atom. The van der Waals surface area contributed by atoms with Crippen LogP contribution in [-0.2, 0) is 0 Å². The largest absolute Gasteiger partial charge is 1.00 e. The summed E-state index contributed by atoms with van der Waals surface area (Å²) in [6.07, 6.45) is 0. The SMILES string of the molecule is Cc1ccc(OP(O)O)cc1.[H-].[K+]. The van der Waals surface area contributed by atoms with Crippen LogP contribution in [-0.4, -0.2) is 9.79 Å². The molecule has 0 aromatic heterocycles. The van der Waals surface area contributed by atoms with Crippen LogP contribution in [0.25, 0.3) is 0 Å². The van der Waals surface area contributed by atoms with E-state index in [2.05, 4.69) is 4.52 Å². The number of aryl methyl sites for hydroxylation is 1. The normalized spacial score (nSPS) is 9.33. The number of rotatable bonds is 2. The predicted molar refractivity (Wildman–Crippen MR) is 44.3 cm³/mol. The van der Waals surface area contributed by atoms with Gasteiger partial charge in [0.05, 0.1) is 0 Å². The molecule has 0 unspecified atom stereocenters. The average molecular weight is 212 g/mol. The van der Waals surface area contributed by atoms with Crippen LogP contribution in [0.15, 0.2) is 24.3 Å². The Labute approximate surface area is 117 Å². The standard InChI is InChI=1S/C7H9O3P.K.H/c1-6-2-4-7(5-3-6)10-11(8)9;;/h2-5,8-9H,1H3;;/q;+1;-1. The summed E-state index contributed by atoms with van der Waals surface area (Å²) in [7, 11) is -2.29. The van der Waals surface area contributed by atoms with Crippen LogP contribution in [0.2, 0.25) is 0 Å². The Hall–Kier alpha value is 1.01. The Balaban J connectivity index is 0. The quantitative estimate of drug-likeness (QED) is 0.473. The van der Waals surface area contributed by atoms with E-state index in [4.69, 9.17) is 9.79 Å². The summed E-state index contributed by atoms with van der Waals surface area (Å²) in [5.41, 5.74) is 1.11. The van der Waals surface area contributed by atoms with Crippen LogP contribution in [0.3, 0.4) is 0 Å². The van der Waals surface area contributed by atoms with Crippen LogP contribution in [0.1, 0.15) is 6.99 Å². The van der Waals surface area contributed by atoms with Crippen molar-refractivity contribution in [3.05, 3.63) is 29.8 Å². The third-order valence-electron chi connectivity index (χ3n) is 1.21. The van der Waals surface area contributed by atoms with Crippen molar-refractivity contribution in [2.45, 2.75) is 6.92 Å². The molecule has 0 amide bonds. The molecule has 0 atom stereocenters. The van der Waals surface area contributed by atoms with Gasteiger partial charge in [0.25, 0.3) is 0 Å². The molecule has 1 aromatic carbocycles. The molecule has 1 aromatic rings.